The van der Waals surface area contributed by atoms with Crippen molar-refractivity contribution in [2.75, 3.05) is 26.2 Å². The van der Waals surface area contributed by atoms with Gasteiger partial charge in [0, 0.05) is 23.4 Å². The first-order valence-corrected chi connectivity index (χ1v) is 11.0. The molecule has 0 unspecified atom stereocenters. The molecule has 2 aromatic rings. The largest absolute Gasteiger partial charge is 0.302 e. The summed E-state index contributed by atoms with van der Waals surface area (Å²) in [5, 5.41) is 3.38. The van der Waals surface area contributed by atoms with Gasteiger partial charge in [-0.15, -0.1) is 11.3 Å². The lowest BCUT2D eigenvalue weighted by Gasteiger charge is -2.31. The molecule has 25 heavy (non-hydrogen) atoms. The number of rotatable bonds is 7. The second-order valence-corrected chi connectivity index (χ2v) is 8.91. The van der Waals surface area contributed by atoms with Gasteiger partial charge in [0.2, 0.25) is 10.0 Å². The maximum atomic E-state index is 12.0. The van der Waals surface area contributed by atoms with Crippen LogP contribution in [-0.4, -0.2) is 39.5 Å². The van der Waals surface area contributed by atoms with Gasteiger partial charge in [-0.05, 0) is 54.9 Å². The summed E-state index contributed by atoms with van der Waals surface area (Å²) in [6.45, 7) is 3.27. The third kappa shape index (κ3) is 5.78. The van der Waals surface area contributed by atoms with E-state index in [0.717, 1.165) is 38.0 Å². The molecule has 6 heteroatoms. The van der Waals surface area contributed by atoms with E-state index in [4.69, 9.17) is 0 Å². The highest BCUT2D eigenvalue weighted by molar-refractivity contribution is 7.92. The van der Waals surface area contributed by atoms with Crippen LogP contribution in [0.15, 0.2) is 53.3 Å². The number of thiophene rings is 1. The zero-order valence-electron chi connectivity index (χ0n) is 14.2. The highest BCUT2D eigenvalue weighted by atomic mass is 32.2. The molecule has 0 radical (unpaired) electrons. The van der Waals surface area contributed by atoms with Crippen molar-refractivity contribution < 1.29 is 8.42 Å². The van der Waals surface area contributed by atoms with E-state index < -0.39 is 10.0 Å². The van der Waals surface area contributed by atoms with Gasteiger partial charge in [0.15, 0.2) is 0 Å². The van der Waals surface area contributed by atoms with Crippen LogP contribution in [0.4, 0.5) is 0 Å². The Kier molecular flexibility index (Phi) is 6.42. The molecule has 0 atom stereocenters. The van der Waals surface area contributed by atoms with E-state index in [-0.39, 0.29) is 0 Å². The van der Waals surface area contributed by atoms with Crippen LogP contribution < -0.4 is 4.72 Å². The summed E-state index contributed by atoms with van der Waals surface area (Å²) in [6, 6.07) is 13.8. The molecule has 0 spiro atoms. The maximum Gasteiger partial charge on any atom is 0.233 e. The van der Waals surface area contributed by atoms with E-state index in [0.29, 0.717) is 12.5 Å². The second kappa shape index (κ2) is 8.76. The van der Waals surface area contributed by atoms with Crippen LogP contribution in [-0.2, 0) is 10.0 Å². The van der Waals surface area contributed by atoms with Crippen molar-refractivity contribution in [3.63, 3.8) is 0 Å². The van der Waals surface area contributed by atoms with E-state index in [1.807, 2.05) is 41.7 Å². The van der Waals surface area contributed by atoms with Gasteiger partial charge in [-0.25, -0.2) is 13.1 Å². The lowest BCUT2D eigenvalue weighted by Crippen LogP contribution is -2.38. The fraction of sp³-hybridized carbons (Fsp3) is 0.368. The summed E-state index contributed by atoms with van der Waals surface area (Å²) in [4.78, 5) is 3.82. The van der Waals surface area contributed by atoms with Crippen LogP contribution in [0.3, 0.4) is 0 Å². The molecule has 0 aliphatic carbocycles. The molecule has 0 amide bonds. The van der Waals surface area contributed by atoms with E-state index in [1.54, 1.807) is 6.08 Å². The minimum atomic E-state index is -3.38. The fourth-order valence-electron chi connectivity index (χ4n) is 3.09. The first kappa shape index (κ1) is 18.3. The lowest BCUT2D eigenvalue weighted by molar-refractivity contribution is 0.217. The van der Waals surface area contributed by atoms with E-state index >= 15 is 0 Å². The highest BCUT2D eigenvalue weighted by Gasteiger charge is 2.21. The predicted molar refractivity (Wildman–Crippen MR) is 105 cm³/mol. The quantitative estimate of drug-likeness (QED) is 0.804. The molecule has 4 nitrogen and oxygen atoms in total. The molecular weight excluding hydrogens is 352 g/mol. The van der Waals surface area contributed by atoms with Crippen molar-refractivity contribution in [2.24, 2.45) is 0 Å². The van der Waals surface area contributed by atoms with Crippen molar-refractivity contribution in [2.45, 2.75) is 18.8 Å². The summed E-state index contributed by atoms with van der Waals surface area (Å²) in [7, 11) is -3.38. The number of sulfonamides is 1. The Hall–Kier alpha value is -1.47. The lowest BCUT2D eigenvalue weighted by atomic mass is 9.95. The van der Waals surface area contributed by atoms with Crippen molar-refractivity contribution in [1.29, 1.82) is 0 Å². The van der Waals surface area contributed by atoms with Crippen LogP contribution in [0.25, 0.3) is 6.08 Å². The van der Waals surface area contributed by atoms with Gasteiger partial charge in [0.05, 0.1) is 0 Å². The normalized spacial score (nSPS) is 17.3. The Morgan fingerprint density at radius 1 is 1.12 bits per heavy atom. The zero-order valence-corrected chi connectivity index (χ0v) is 15.8. The van der Waals surface area contributed by atoms with Crippen molar-refractivity contribution >= 4 is 27.4 Å². The molecule has 1 aliphatic heterocycles. The smallest absolute Gasteiger partial charge is 0.233 e. The average molecular weight is 377 g/mol. The first-order chi connectivity index (χ1) is 12.1. The van der Waals surface area contributed by atoms with E-state index in [9.17, 15) is 8.42 Å². The Morgan fingerprint density at radius 2 is 1.88 bits per heavy atom. The summed E-state index contributed by atoms with van der Waals surface area (Å²) >= 11 is 1.84. The summed E-state index contributed by atoms with van der Waals surface area (Å²) in [6.07, 6.45) is 3.93. The molecular formula is C19H24N2O2S2. The van der Waals surface area contributed by atoms with Gasteiger partial charge >= 0.3 is 0 Å². The molecule has 2 heterocycles. The highest BCUT2D eigenvalue weighted by Crippen LogP contribution is 2.30. The number of hydrogen-bond donors (Lipinski definition) is 1. The molecule has 1 aromatic carbocycles. The van der Waals surface area contributed by atoms with Crippen LogP contribution >= 0.6 is 11.3 Å². The summed E-state index contributed by atoms with van der Waals surface area (Å²) in [5.74, 6) is 0.668. The predicted octanol–water partition coefficient (Wildman–Crippen LogP) is 3.52. The topological polar surface area (TPSA) is 49.4 Å². The molecule has 0 saturated carbocycles. The number of likely N-dealkylation sites (tertiary alicyclic amines) is 1. The van der Waals surface area contributed by atoms with Gasteiger partial charge in [0.1, 0.15) is 0 Å². The number of benzene rings is 1. The van der Waals surface area contributed by atoms with E-state index in [1.165, 1.54) is 10.3 Å². The van der Waals surface area contributed by atoms with Gasteiger partial charge in [-0.2, -0.15) is 0 Å². The minimum Gasteiger partial charge on any atom is -0.302 e. The third-order valence-corrected chi connectivity index (χ3v) is 6.64. The monoisotopic (exact) mass is 376 g/mol. The molecule has 3 rings (SSSR count). The van der Waals surface area contributed by atoms with Crippen LogP contribution in [0.5, 0.6) is 0 Å². The Labute approximate surface area is 154 Å². The number of nitrogens with zero attached hydrogens (tertiary/aromatic N) is 1. The number of piperidine rings is 1. The molecule has 134 valence electrons. The number of nitrogens with one attached hydrogen (secondary N) is 1. The van der Waals surface area contributed by atoms with Crippen LogP contribution in [0.2, 0.25) is 0 Å². The summed E-state index contributed by atoms with van der Waals surface area (Å²) in [5.41, 5.74) is 0.878. The van der Waals surface area contributed by atoms with Crippen LogP contribution in [0.1, 0.15) is 29.2 Å². The van der Waals surface area contributed by atoms with Crippen molar-refractivity contribution in [1.82, 2.24) is 9.62 Å². The van der Waals surface area contributed by atoms with E-state index in [2.05, 4.69) is 27.1 Å². The van der Waals surface area contributed by atoms with Crippen LogP contribution in [0, 0.1) is 0 Å². The first-order valence-electron chi connectivity index (χ1n) is 8.61. The molecule has 1 fully saturated rings. The van der Waals surface area contributed by atoms with Gasteiger partial charge in [-0.1, -0.05) is 36.4 Å². The molecule has 1 aliphatic rings. The number of hydrogen-bond acceptors (Lipinski definition) is 4. The third-order valence-electron chi connectivity index (χ3n) is 4.50. The Balaban J connectivity index is 1.40. The van der Waals surface area contributed by atoms with Crippen molar-refractivity contribution in [3.8, 4) is 0 Å². The maximum absolute atomic E-state index is 12.0. The standard InChI is InChI=1S/C19H24N2O2S2/c22-25(23,16-10-17-5-2-1-3-6-17)20-11-14-21-12-8-18(9-13-21)19-7-4-15-24-19/h1-7,10,15-16,18,20H,8-9,11-14H2/b16-10+. The molecule has 1 N–H and O–H groups in total. The zero-order chi connectivity index (χ0) is 17.5. The van der Waals surface area contributed by atoms with Gasteiger partial charge < -0.3 is 4.90 Å². The second-order valence-electron chi connectivity index (χ2n) is 6.28. The Bertz CT molecular complexity index is 763. The van der Waals surface area contributed by atoms with Gasteiger partial charge in [0.25, 0.3) is 0 Å². The average Bonchev–Trinajstić information content (AvgIpc) is 3.16. The fourth-order valence-corrected chi connectivity index (χ4v) is 4.80. The SMILES string of the molecule is O=S(=O)(/C=C/c1ccccc1)NCCN1CCC(c2cccs2)CC1. The summed E-state index contributed by atoms with van der Waals surface area (Å²) < 4.78 is 26.7. The molecule has 1 aromatic heterocycles. The molecule has 0 bridgehead atoms. The Morgan fingerprint density at radius 3 is 2.56 bits per heavy atom. The van der Waals surface area contributed by atoms with Gasteiger partial charge in [-0.3, -0.25) is 0 Å². The molecule has 1 saturated heterocycles. The van der Waals surface area contributed by atoms with Crippen molar-refractivity contribution in [3.05, 3.63) is 63.7 Å². The minimum absolute atomic E-state index is 0.450.